The van der Waals surface area contributed by atoms with Crippen LogP contribution in [-0.4, -0.2) is 15.0 Å². The minimum Gasteiger partial charge on any atom is -0.347 e. The van der Waals surface area contributed by atoms with Gasteiger partial charge >= 0.3 is 0 Å². The molecule has 0 radical (unpaired) electrons. The molecule has 0 aliphatic heterocycles. The summed E-state index contributed by atoms with van der Waals surface area (Å²) >= 11 is 1.75. The van der Waals surface area contributed by atoms with Gasteiger partial charge in [0.15, 0.2) is 0 Å². The highest BCUT2D eigenvalue weighted by Crippen LogP contribution is 2.15. The Morgan fingerprint density at radius 3 is 2.87 bits per heavy atom. The fraction of sp³-hybridized carbons (Fsp3) is 0.400. The first-order valence-corrected chi connectivity index (χ1v) is 5.68. The van der Waals surface area contributed by atoms with E-state index in [1.165, 1.54) is 4.88 Å². The molecule has 0 aliphatic rings. The Kier molecular flexibility index (Phi) is 3.13. The average Bonchev–Trinajstić information content (AvgIpc) is 2.77. The second-order valence-electron chi connectivity index (χ2n) is 3.42. The average molecular weight is 222 g/mol. The summed E-state index contributed by atoms with van der Waals surface area (Å²) in [6.07, 6.45) is 3.52. The molecule has 2 aromatic heterocycles. The van der Waals surface area contributed by atoms with E-state index in [0.717, 1.165) is 29.5 Å². The maximum absolute atomic E-state index is 4.46. The molecule has 4 nitrogen and oxygen atoms in total. The fourth-order valence-electron chi connectivity index (χ4n) is 1.43. The molecule has 2 N–H and O–H groups in total. The summed E-state index contributed by atoms with van der Waals surface area (Å²) in [7, 11) is 0. The molecule has 0 aliphatic carbocycles. The predicted octanol–water partition coefficient (Wildman–Crippen LogP) is 1.77. The van der Waals surface area contributed by atoms with E-state index in [1.807, 2.05) is 13.1 Å². The third-order valence-corrected chi connectivity index (χ3v) is 3.09. The third-order valence-electron chi connectivity index (χ3n) is 2.16. The lowest BCUT2D eigenvalue weighted by molar-refractivity contribution is 0.669. The maximum Gasteiger partial charge on any atom is 0.0922 e. The van der Waals surface area contributed by atoms with Crippen LogP contribution in [0.1, 0.15) is 21.3 Å². The number of hydrogen-bond donors (Lipinski definition) is 2. The summed E-state index contributed by atoms with van der Waals surface area (Å²) in [6, 6.07) is 0. The lowest BCUT2D eigenvalue weighted by Gasteiger charge is -2.00. The molecule has 0 atom stereocenters. The Bertz CT molecular complexity index is 419. The molecule has 15 heavy (non-hydrogen) atoms. The second-order valence-corrected chi connectivity index (χ2v) is 4.82. The van der Waals surface area contributed by atoms with Gasteiger partial charge in [-0.1, -0.05) is 0 Å². The van der Waals surface area contributed by atoms with Gasteiger partial charge in [-0.15, -0.1) is 11.3 Å². The van der Waals surface area contributed by atoms with E-state index in [4.69, 9.17) is 0 Å². The number of imidazole rings is 1. The standard InChI is InChI=1S/C10H14N4S/c1-7-10(14-8(2)15-7)5-11-3-9-4-12-6-13-9/h4,6,11H,3,5H2,1-2H3,(H,12,13). The molecule has 0 unspecified atom stereocenters. The molecular weight excluding hydrogens is 208 g/mol. The molecule has 0 amide bonds. The number of nitrogens with one attached hydrogen (secondary N) is 2. The lowest BCUT2D eigenvalue weighted by Crippen LogP contribution is -2.13. The minimum atomic E-state index is 0.802. The first-order chi connectivity index (χ1) is 7.25. The van der Waals surface area contributed by atoms with Gasteiger partial charge in [0.2, 0.25) is 0 Å². The number of aryl methyl sites for hydroxylation is 2. The van der Waals surface area contributed by atoms with Gasteiger partial charge < -0.3 is 10.3 Å². The van der Waals surface area contributed by atoms with Crippen molar-refractivity contribution in [3.63, 3.8) is 0 Å². The summed E-state index contributed by atoms with van der Waals surface area (Å²) in [5, 5.41) is 4.46. The number of hydrogen-bond acceptors (Lipinski definition) is 4. The molecule has 0 bridgehead atoms. The zero-order valence-corrected chi connectivity index (χ0v) is 9.69. The van der Waals surface area contributed by atoms with Crippen LogP contribution in [0.3, 0.4) is 0 Å². The van der Waals surface area contributed by atoms with Gasteiger partial charge in [-0.25, -0.2) is 9.97 Å². The molecular formula is C10H14N4S. The van der Waals surface area contributed by atoms with Gasteiger partial charge in [-0.3, -0.25) is 0 Å². The number of aromatic amines is 1. The van der Waals surface area contributed by atoms with Crippen molar-refractivity contribution in [2.45, 2.75) is 26.9 Å². The van der Waals surface area contributed by atoms with Crippen molar-refractivity contribution in [1.29, 1.82) is 0 Å². The molecule has 0 fully saturated rings. The zero-order chi connectivity index (χ0) is 10.7. The Morgan fingerprint density at radius 2 is 2.27 bits per heavy atom. The molecule has 0 saturated carbocycles. The molecule has 0 aromatic carbocycles. The van der Waals surface area contributed by atoms with E-state index in [0.29, 0.717) is 0 Å². The number of nitrogens with zero attached hydrogens (tertiary/aromatic N) is 2. The molecule has 0 spiro atoms. The number of aromatic nitrogens is 3. The number of rotatable bonds is 4. The molecule has 80 valence electrons. The Labute approximate surface area is 92.8 Å². The van der Waals surface area contributed by atoms with Gasteiger partial charge in [-0.2, -0.15) is 0 Å². The van der Waals surface area contributed by atoms with E-state index in [9.17, 15) is 0 Å². The Morgan fingerprint density at radius 1 is 1.40 bits per heavy atom. The summed E-state index contributed by atoms with van der Waals surface area (Å²) in [6.45, 7) is 5.76. The van der Waals surface area contributed by atoms with Crippen molar-refractivity contribution >= 4 is 11.3 Å². The highest BCUT2D eigenvalue weighted by atomic mass is 32.1. The summed E-state index contributed by atoms with van der Waals surface area (Å²) < 4.78 is 0. The maximum atomic E-state index is 4.46. The van der Waals surface area contributed by atoms with Gasteiger partial charge in [0.25, 0.3) is 0 Å². The van der Waals surface area contributed by atoms with Crippen molar-refractivity contribution in [1.82, 2.24) is 20.3 Å². The molecule has 0 saturated heterocycles. The molecule has 2 aromatic rings. The molecule has 2 rings (SSSR count). The van der Waals surface area contributed by atoms with Crippen LogP contribution in [0.4, 0.5) is 0 Å². The largest absolute Gasteiger partial charge is 0.347 e. The lowest BCUT2D eigenvalue weighted by atomic mass is 10.3. The van der Waals surface area contributed by atoms with Crippen molar-refractivity contribution in [2.75, 3.05) is 0 Å². The molecule has 2 heterocycles. The quantitative estimate of drug-likeness (QED) is 0.829. The van der Waals surface area contributed by atoms with Gasteiger partial charge in [0, 0.05) is 29.9 Å². The van der Waals surface area contributed by atoms with Crippen LogP contribution < -0.4 is 5.32 Å². The van der Waals surface area contributed by atoms with Crippen molar-refractivity contribution < 1.29 is 0 Å². The summed E-state index contributed by atoms with van der Waals surface area (Å²) in [5.74, 6) is 0. The third kappa shape index (κ3) is 2.64. The van der Waals surface area contributed by atoms with Crippen LogP contribution in [0.5, 0.6) is 0 Å². The van der Waals surface area contributed by atoms with E-state index in [-0.39, 0.29) is 0 Å². The van der Waals surface area contributed by atoms with Crippen molar-refractivity contribution in [3.05, 3.63) is 33.8 Å². The summed E-state index contributed by atoms with van der Waals surface area (Å²) in [4.78, 5) is 12.8. The fourth-order valence-corrected chi connectivity index (χ4v) is 2.27. The van der Waals surface area contributed by atoms with E-state index in [2.05, 4.69) is 27.2 Å². The minimum absolute atomic E-state index is 0.802. The monoisotopic (exact) mass is 222 g/mol. The Balaban J connectivity index is 1.86. The topological polar surface area (TPSA) is 53.6 Å². The van der Waals surface area contributed by atoms with Crippen molar-refractivity contribution in [2.24, 2.45) is 0 Å². The van der Waals surface area contributed by atoms with Gasteiger partial charge in [-0.05, 0) is 13.8 Å². The van der Waals surface area contributed by atoms with Crippen LogP contribution in [0.2, 0.25) is 0 Å². The predicted molar refractivity (Wildman–Crippen MR) is 60.7 cm³/mol. The van der Waals surface area contributed by atoms with E-state index >= 15 is 0 Å². The van der Waals surface area contributed by atoms with Gasteiger partial charge in [0.05, 0.1) is 17.0 Å². The highest BCUT2D eigenvalue weighted by molar-refractivity contribution is 7.11. The first kappa shape index (κ1) is 10.3. The van der Waals surface area contributed by atoms with Crippen LogP contribution >= 0.6 is 11.3 Å². The Hall–Kier alpha value is -1.20. The normalized spacial score (nSPS) is 10.8. The van der Waals surface area contributed by atoms with Crippen LogP contribution in [-0.2, 0) is 13.1 Å². The van der Waals surface area contributed by atoms with Gasteiger partial charge in [0.1, 0.15) is 0 Å². The van der Waals surface area contributed by atoms with E-state index in [1.54, 1.807) is 17.7 Å². The van der Waals surface area contributed by atoms with E-state index < -0.39 is 0 Å². The zero-order valence-electron chi connectivity index (χ0n) is 8.87. The number of H-pyrrole nitrogens is 1. The number of thiazole rings is 1. The summed E-state index contributed by atoms with van der Waals surface area (Å²) in [5.41, 5.74) is 2.25. The van der Waals surface area contributed by atoms with Crippen LogP contribution in [0.15, 0.2) is 12.5 Å². The first-order valence-electron chi connectivity index (χ1n) is 4.86. The van der Waals surface area contributed by atoms with Crippen LogP contribution in [0, 0.1) is 13.8 Å². The second kappa shape index (κ2) is 4.55. The van der Waals surface area contributed by atoms with Crippen molar-refractivity contribution in [3.8, 4) is 0 Å². The smallest absolute Gasteiger partial charge is 0.0922 e. The SMILES string of the molecule is Cc1nc(CNCc2cnc[nH]2)c(C)s1. The molecule has 5 heteroatoms. The highest BCUT2D eigenvalue weighted by Gasteiger charge is 2.03. The van der Waals surface area contributed by atoms with Crippen LogP contribution in [0.25, 0.3) is 0 Å².